The van der Waals surface area contributed by atoms with Crippen LogP contribution in [-0.2, 0) is 11.4 Å². The SMILES string of the molecule is CCOc1ccc(NC(=O)C2CC(C)CCN2)cc1CO. The number of amides is 1. The largest absolute Gasteiger partial charge is 0.494 e. The molecule has 1 saturated heterocycles. The molecule has 1 aliphatic rings. The van der Waals surface area contributed by atoms with Crippen molar-refractivity contribution in [3.63, 3.8) is 0 Å². The van der Waals surface area contributed by atoms with Crippen LogP contribution in [0.4, 0.5) is 5.69 Å². The van der Waals surface area contributed by atoms with Gasteiger partial charge in [-0.05, 0) is 50.4 Å². The summed E-state index contributed by atoms with van der Waals surface area (Å²) in [5.74, 6) is 1.20. The topological polar surface area (TPSA) is 70.6 Å². The van der Waals surface area contributed by atoms with Gasteiger partial charge in [-0.15, -0.1) is 0 Å². The zero-order valence-corrected chi connectivity index (χ0v) is 12.7. The molecule has 1 aromatic rings. The molecule has 116 valence electrons. The second kappa shape index (κ2) is 7.43. The summed E-state index contributed by atoms with van der Waals surface area (Å²) in [4.78, 5) is 12.3. The van der Waals surface area contributed by atoms with Crippen molar-refractivity contribution in [3.8, 4) is 5.75 Å². The number of carbonyl (C=O) groups excluding carboxylic acids is 1. The van der Waals surface area contributed by atoms with Gasteiger partial charge in [-0.25, -0.2) is 0 Å². The number of aliphatic hydroxyl groups excluding tert-OH is 1. The maximum atomic E-state index is 12.3. The maximum absolute atomic E-state index is 12.3. The molecule has 0 bridgehead atoms. The number of hydrogen-bond acceptors (Lipinski definition) is 4. The van der Waals surface area contributed by atoms with E-state index in [1.54, 1.807) is 18.2 Å². The van der Waals surface area contributed by atoms with Gasteiger partial charge < -0.3 is 20.5 Å². The second-order valence-electron chi connectivity index (χ2n) is 5.54. The van der Waals surface area contributed by atoms with Gasteiger partial charge in [0.15, 0.2) is 0 Å². The number of piperidine rings is 1. The van der Waals surface area contributed by atoms with E-state index >= 15 is 0 Å². The third kappa shape index (κ3) is 4.19. The van der Waals surface area contributed by atoms with E-state index in [0.29, 0.717) is 29.5 Å². The van der Waals surface area contributed by atoms with Gasteiger partial charge in [-0.2, -0.15) is 0 Å². The predicted octanol–water partition coefficient (Wildman–Crippen LogP) is 1.90. The van der Waals surface area contributed by atoms with E-state index in [4.69, 9.17) is 4.74 Å². The van der Waals surface area contributed by atoms with E-state index in [1.165, 1.54) is 0 Å². The molecule has 1 amide bonds. The highest BCUT2D eigenvalue weighted by atomic mass is 16.5. The molecule has 2 atom stereocenters. The fourth-order valence-electron chi connectivity index (χ4n) is 2.61. The van der Waals surface area contributed by atoms with Crippen LogP contribution in [0.5, 0.6) is 5.75 Å². The molecule has 0 aromatic heterocycles. The molecule has 0 radical (unpaired) electrons. The number of carbonyl (C=O) groups is 1. The number of ether oxygens (including phenoxy) is 1. The van der Waals surface area contributed by atoms with Crippen LogP contribution in [0.1, 0.15) is 32.3 Å². The Balaban J connectivity index is 2.03. The van der Waals surface area contributed by atoms with Gasteiger partial charge >= 0.3 is 0 Å². The minimum absolute atomic E-state index is 0.0189. The summed E-state index contributed by atoms with van der Waals surface area (Å²) in [6.07, 6.45) is 1.97. The first-order chi connectivity index (χ1) is 10.1. The highest BCUT2D eigenvalue weighted by Gasteiger charge is 2.24. The molecular weight excluding hydrogens is 268 g/mol. The summed E-state index contributed by atoms with van der Waals surface area (Å²) in [5.41, 5.74) is 1.37. The molecule has 0 spiro atoms. The van der Waals surface area contributed by atoms with Gasteiger partial charge in [0.1, 0.15) is 5.75 Å². The number of benzene rings is 1. The van der Waals surface area contributed by atoms with Gasteiger partial charge in [0.25, 0.3) is 0 Å². The number of hydrogen-bond donors (Lipinski definition) is 3. The first kappa shape index (κ1) is 15.8. The van der Waals surface area contributed by atoms with E-state index in [1.807, 2.05) is 6.92 Å². The van der Waals surface area contributed by atoms with Gasteiger partial charge in [-0.3, -0.25) is 4.79 Å². The van der Waals surface area contributed by atoms with Crippen LogP contribution in [0, 0.1) is 5.92 Å². The molecule has 5 nitrogen and oxygen atoms in total. The van der Waals surface area contributed by atoms with Crippen LogP contribution >= 0.6 is 0 Å². The lowest BCUT2D eigenvalue weighted by Gasteiger charge is -2.27. The lowest BCUT2D eigenvalue weighted by molar-refractivity contribution is -0.119. The van der Waals surface area contributed by atoms with E-state index < -0.39 is 0 Å². The standard InChI is InChI=1S/C16H24N2O3/c1-3-21-15-5-4-13(9-12(15)10-19)18-16(20)14-8-11(2)6-7-17-14/h4-5,9,11,14,17,19H,3,6-8,10H2,1-2H3,(H,18,20). The number of nitrogens with one attached hydrogen (secondary N) is 2. The summed E-state index contributed by atoms with van der Waals surface area (Å²) in [6, 6.07) is 5.20. The monoisotopic (exact) mass is 292 g/mol. The molecule has 1 heterocycles. The minimum atomic E-state index is -0.141. The highest BCUT2D eigenvalue weighted by molar-refractivity contribution is 5.95. The summed E-state index contributed by atoms with van der Waals surface area (Å²) in [6.45, 7) is 5.37. The normalized spacial score (nSPS) is 21.9. The van der Waals surface area contributed by atoms with Crippen molar-refractivity contribution >= 4 is 11.6 Å². The molecule has 2 unspecified atom stereocenters. The lowest BCUT2D eigenvalue weighted by Crippen LogP contribution is -2.45. The zero-order chi connectivity index (χ0) is 15.2. The van der Waals surface area contributed by atoms with Gasteiger partial charge in [0, 0.05) is 11.3 Å². The van der Waals surface area contributed by atoms with Crippen LogP contribution in [0.15, 0.2) is 18.2 Å². The van der Waals surface area contributed by atoms with Crippen LogP contribution in [0.3, 0.4) is 0 Å². The summed E-state index contributed by atoms with van der Waals surface area (Å²) >= 11 is 0. The highest BCUT2D eigenvalue weighted by Crippen LogP contribution is 2.24. The third-order valence-electron chi connectivity index (χ3n) is 3.78. The minimum Gasteiger partial charge on any atom is -0.494 e. The second-order valence-corrected chi connectivity index (χ2v) is 5.54. The summed E-state index contributed by atoms with van der Waals surface area (Å²) < 4.78 is 5.43. The molecular formula is C16H24N2O3. The lowest BCUT2D eigenvalue weighted by atomic mass is 9.94. The molecule has 3 N–H and O–H groups in total. The Kier molecular flexibility index (Phi) is 5.59. The van der Waals surface area contributed by atoms with Crippen molar-refractivity contribution in [1.29, 1.82) is 0 Å². The Hall–Kier alpha value is -1.59. The summed E-state index contributed by atoms with van der Waals surface area (Å²) in [7, 11) is 0. The number of anilines is 1. The molecule has 21 heavy (non-hydrogen) atoms. The number of aliphatic hydroxyl groups is 1. The van der Waals surface area contributed by atoms with Crippen molar-refractivity contribution in [2.75, 3.05) is 18.5 Å². The predicted molar refractivity (Wildman–Crippen MR) is 82.4 cm³/mol. The molecule has 1 aliphatic heterocycles. The van der Waals surface area contributed by atoms with E-state index in [9.17, 15) is 9.90 Å². The smallest absolute Gasteiger partial charge is 0.241 e. The Morgan fingerprint density at radius 3 is 3.00 bits per heavy atom. The first-order valence-electron chi connectivity index (χ1n) is 7.54. The zero-order valence-electron chi connectivity index (χ0n) is 12.7. The van der Waals surface area contributed by atoms with Crippen LogP contribution < -0.4 is 15.4 Å². The van der Waals surface area contributed by atoms with Crippen molar-refractivity contribution in [2.24, 2.45) is 5.92 Å². The van der Waals surface area contributed by atoms with E-state index in [-0.39, 0.29) is 18.6 Å². The molecule has 0 aliphatic carbocycles. The molecule has 2 rings (SSSR count). The van der Waals surface area contributed by atoms with E-state index in [0.717, 1.165) is 19.4 Å². The van der Waals surface area contributed by atoms with Gasteiger partial charge in [0.2, 0.25) is 5.91 Å². The van der Waals surface area contributed by atoms with Gasteiger partial charge in [-0.1, -0.05) is 6.92 Å². The maximum Gasteiger partial charge on any atom is 0.241 e. The molecule has 1 aromatic carbocycles. The molecule has 0 saturated carbocycles. The average molecular weight is 292 g/mol. The Morgan fingerprint density at radius 2 is 2.33 bits per heavy atom. The fourth-order valence-corrected chi connectivity index (χ4v) is 2.61. The molecule has 1 fully saturated rings. The Labute approximate surface area is 125 Å². The van der Waals surface area contributed by atoms with Crippen LogP contribution in [-0.4, -0.2) is 30.2 Å². The van der Waals surface area contributed by atoms with Crippen molar-refractivity contribution < 1.29 is 14.6 Å². The Morgan fingerprint density at radius 1 is 1.52 bits per heavy atom. The quantitative estimate of drug-likeness (QED) is 0.775. The van der Waals surface area contributed by atoms with Crippen LogP contribution in [0.25, 0.3) is 0 Å². The fraction of sp³-hybridized carbons (Fsp3) is 0.562. The van der Waals surface area contributed by atoms with Crippen molar-refractivity contribution in [1.82, 2.24) is 5.32 Å². The average Bonchev–Trinajstić information content (AvgIpc) is 2.49. The Bertz CT molecular complexity index is 490. The molecule has 5 heteroatoms. The van der Waals surface area contributed by atoms with Crippen LogP contribution in [0.2, 0.25) is 0 Å². The number of rotatable bonds is 5. The van der Waals surface area contributed by atoms with Gasteiger partial charge in [0.05, 0.1) is 19.3 Å². The van der Waals surface area contributed by atoms with Crippen molar-refractivity contribution in [2.45, 2.75) is 39.3 Å². The third-order valence-corrected chi connectivity index (χ3v) is 3.78. The van der Waals surface area contributed by atoms with E-state index in [2.05, 4.69) is 17.6 Å². The van der Waals surface area contributed by atoms with Crippen molar-refractivity contribution in [3.05, 3.63) is 23.8 Å². The summed E-state index contributed by atoms with van der Waals surface area (Å²) in [5, 5.41) is 15.5. The first-order valence-corrected chi connectivity index (χ1v) is 7.54.